The zero-order chi connectivity index (χ0) is 10.7. The number of hydrogen-bond acceptors (Lipinski definition) is 4. The van der Waals surface area contributed by atoms with E-state index in [1.807, 2.05) is 24.6 Å². The molecule has 0 bridgehead atoms. The number of imidazole rings is 1. The van der Waals surface area contributed by atoms with Crippen LogP contribution >= 0.6 is 0 Å². The zero-order valence-electron chi connectivity index (χ0n) is 8.81. The number of nitrogens with one attached hydrogen (secondary N) is 1. The van der Waals surface area contributed by atoms with Crippen LogP contribution in [0.1, 0.15) is 12.6 Å². The predicted octanol–water partition coefficient (Wildman–Crippen LogP) is 1.40. The maximum atomic E-state index is 4.37. The molecule has 0 spiro atoms. The van der Waals surface area contributed by atoms with Crippen LogP contribution in [0.25, 0.3) is 5.69 Å². The number of nitrogens with zero attached hydrogens (tertiary/aromatic N) is 4. The molecule has 0 fully saturated rings. The summed E-state index contributed by atoms with van der Waals surface area (Å²) in [5.74, 6) is 0.824. The molecule has 0 atom stereocenters. The Morgan fingerprint density at radius 2 is 2.07 bits per heavy atom. The van der Waals surface area contributed by atoms with E-state index in [0.29, 0.717) is 0 Å². The first-order valence-corrected chi connectivity index (χ1v) is 4.86. The van der Waals surface area contributed by atoms with Gasteiger partial charge in [0.25, 0.3) is 0 Å². The second-order valence-corrected chi connectivity index (χ2v) is 3.20. The number of anilines is 1. The van der Waals surface area contributed by atoms with Crippen molar-refractivity contribution in [2.75, 3.05) is 11.9 Å². The summed E-state index contributed by atoms with van der Waals surface area (Å²) in [6.07, 6.45) is 6.99. The average Bonchev–Trinajstić information content (AvgIpc) is 2.62. The molecule has 0 saturated heterocycles. The summed E-state index contributed by atoms with van der Waals surface area (Å²) in [7, 11) is 0. The van der Waals surface area contributed by atoms with Crippen molar-refractivity contribution in [3.05, 3.63) is 30.6 Å². The minimum absolute atomic E-state index is 0.824. The van der Waals surface area contributed by atoms with E-state index < -0.39 is 0 Å². The molecule has 0 unspecified atom stereocenters. The molecule has 2 rings (SSSR count). The molecule has 2 aromatic rings. The van der Waals surface area contributed by atoms with Gasteiger partial charge in [0.05, 0.1) is 23.8 Å². The lowest BCUT2D eigenvalue weighted by Crippen LogP contribution is -2.05. The summed E-state index contributed by atoms with van der Waals surface area (Å²) in [5.41, 5.74) is 1.88. The van der Waals surface area contributed by atoms with Gasteiger partial charge in [-0.05, 0) is 13.8 Å². The monoisotopic (exact) mass is 203 g/mol. The van der Waals surface area contributed by atoms with E-state index in [9.17, 15) is 0 Å². The summed E-state index contributed by atoms with van der Waals surface area (Å²) in [4.78, 5) is 12.3. The van der Waals surface area contributed by atoms with Gasteiger partial charge in [-0.15, -0.1) is 0 Å². The highest BCUT2D eigenvalue weighted by Gasteiger charge is 2.06. The fourth-order valence-corrected chi connectivity index (χ4v) is 1.39. The van der Waals surface area contributed by atoms with Gasteiger partial charge in [0.1, 0.15) is 6.33 Å². The van der Waals surface area contributed by atoms with Crippen LogP contribution in [-0.2, 0) is 0 Å². The molecule has 0 radical (unpaired) electrons. The Bertz CT molecular complexity index is 434. The lowest BCUT2D eigenvalue weighted by Gasteiger charge is -2.06. The predicted molar refractivity (Wildman–Crippen MR) is 58.1 cm³/mol. The Labute approximate surface area is 88.2 Å². The topological polar surface area (TPSA) is 55.6 Å². The molecule has 0 amide bonds. The molecule has 0 aliphatic carbocycles. The van der Waals surface area contributed by atoms with Crippen molar-refractivity contribution in [1.82, 2.24) is 19.5 Å². The van der Waals surface area contributed by atoms with Crippen LogP contribution in [0.15, 0.2) is 24.9 Å². The highest BCUT2D eigenvalue weighted by atomic mass is 15.2. The van der Waals surface area contributed by atoms with Crippen molar-refractivity contribution < 1.29 is 0 Å². The first-order chi connectivity index (χ1) is 7.31. The molecule has 5 nitrogen and oxygen atoms in total. The van der Waals surface area contributed by atoms with Gasteiger partial charge < -0.3 is 5.32 Å². The van der Waals surface area contributed by atoms with Gasteiger partial charge in [-0.1, -0.05) is 0 Å². The molecular weight excluding hydrogens is 190 g/mol. The summed E-state index contributed by atoms with van der Waals surface area (Å²) < 4.78 is 1.94. The fraction of sp³-hybridized carbons (Fsp3) is 0.300. The molecule has 1 N–H and O–H groups in total. The van der Waals surface area contributed by atoms with Crippen molar-refractivity contribution >= 4 is 5.95 Å². The Kier molecular flexibility index (Phi) is 2.62. The maximum Gasteiger partial charge on any atom is 0.207 e. The average molecular weight is 203 g/mol. The molecular formula is C10H13N5. The van der Waals surface area contributed by atoms with Gasteiger partial charge in [-0.2, -0.15) is 0 Å². The zero-order valence-corrected chi connectivity index (χ0v) is 8.81. The molecule has 0 aliphatic heterocycles. The summed E-state index contributed by atoms with van der Waals surface area (Å²) in [6.45, 7) is 4.83. The van der Waals surface area contributed by atoms with Gasteiger partial charge in [0, 0.05) is 12.7 Å². The van der Waals surface area contributed by atoms with E-state index >= 15 is 0 Å². The smallest absolute Gasteiger partial charge is 0.207 e. The second-order valence-electron chi connectivity index (χ2n) is 3.20. The first-order valence-electron chi connectivity index (χ1n) is 4.86. The molecule has 15 heavy (non-hydrogen) atoms. The third-order valence-corrected chi connectivity index (χ3v) is 1.99. The molecule has 78 valence electrons. The Morgan fingerprint density at radius 1 is 1.33 bits per heavy atom. The van der Waals surface area contributed by atoms with E-state index in [0.717, 1.165) is 23.9 Å². The lowest BCUT2D eigenvalue weighted by atomic mass is 10.5. The van der Waals surface area contributed by atoms with E-state index in [4.69, 9.17) is 0 Å². The van der Waals surface area contributed by atoms with E-state index in [2.05, 4.69) is 20.3 Å². The summed E-state index contributed by atoms with van der Waals surface area (Å²) in [5, 5.41) is 3.19. The molecule has 2 heterocycles. The SMILES string of the molecule is CCNc1nc(C)cn1-c1cncnc1. The highest BCUT2D eigenvalue weighted by molar-refractivity contribution is 5.40. The van der Waals surface area contributed by atoms with Crippen molar-refractivity contribution in [2.45, 2.75) is 13.8 Å². The van der Waals surface area contributed by atoms with Gasteiger partial charge in [-0.25, -0.2) is 15.0 Å². The van der Waals surface area contributed by atoms with Crippen molar-refractivity contribution in [3.63, 3.8) is 0 Å². The van der Waals surface area contributed by atoms with Crippen molar-refractivity contribution in [3.8, 4) is 5.69 Å². The number of aromatic nitrogens is 4. The first kappa shape index (κ1) is 9.64. The normalized spacial score (nSPS) is 10.3. The van der Waals surface area contributed by atoms with Crippen LogP contribution in [0.4, 0.5) is 5.95 Å². The molecule has 0 aliphatic rings. The Hall–Kier alpha value is -1.91. The van der Waals surface area contributed by atoms with E-state index in [1.165, 1.54) is 6.33 Å². The Balaban J connectivity index is 2.43. The van der Waals surface area contributed by atoms with Gasteiger partial charge in [-0.3, -0.25) is 4.57 Å². The van der Waals surface area contributed by atoms with E-state index in [-0.39, 0.29) is 0 Å². The third-order valence-electron chi connectivity index (χ3n) is 1.99. The van der Waals surface area contributed by atoms with Gasteiger partial charge >= 0.3 is 0 Å². The van der Waals surface area contributed by atoms with Crippen LogP contribution in [0, 0.1) is 6.92 Å². The molecule has 0 saturated carbocycles. The standard InChI is InChI=1S/C10H13N5/c1-3-13-10-14-8(2)6-15(10)9-4-11-7-12-5-9/h4-7H,3H2,1-2H3,(H,13,14). The second kappa shape index (κ2) is 4.08. The quantitative estimate of drug-likeness (QED) is 0.819. The Morgan fingerprint density at radius 3 is 2.73 bits per heavy atom. The number of aryl methyl sites for hydroxylation is 1. The maximum absolute atomic E-state index is 4.37. The minimum Gasteiger partial charge on any atom is -0.356 e. The van der Waals surface area contributed by atoms with E-state index in [1.54, 1.807) is 12.4 Å². The van der Waals surface area contributed by atoms with Crippen LogP contribution in [0.3, 0.4) is 0 Å². The van der Waals surface area contributed by atoms with Crippen LogP contribution < -0.4 is 5.32 Å². The minimum atomic E-state index is 0.824. The number of hydrogen-bond donors (Lipinski definition) is 1. The molecule has 0 aromatic carbocycles. The van der Waals surface area contributed by atoms with Crippen LogP contribution in [0.2, 0.25) is 0 Å². The molecule has 2 aromatic heterocycles. The largest absolute Gasteiger partial charge is 0.356 e. The highest BCUT2D eigenvalue weighted by Crippen LogP contribution is 2.14. The fourth-order valence-electron chi connectivity index (χ4n) is 1.39. The lowest BCUT2D eigenvalue weighted by molar-refractivity contribution is 0.989. The summed E-state index contributed by atoms with van der Waals surface area (Å²) in [6, 6.07) is 0. The number of rotatable bonds is 3. The van der Waals surface area contributed by atoms with Crippen LogP contribution in [-0.4, -0.2) is 26.1 Å². The molecule has 5 heteroatoms. The van der Waals surface area contributed by atoms with Crippen LogP contribution in [0.5, 0.6) is 0 Å². The summed E-state index contributed by atoms with van der Waals surface area (Å²) >= 11 is 0. The van der Waals surface area contributed by atoms with Gasteiger partial charge in [0.15, 0.2) is 0 Å². The van der Waals surface area contributed by atoms with Crippen molar-refractivity contribution in [2.24, 2.45) is 0 Å². The third kappa shape index (κ3) is 1.96. The van der Waals surface area contributed by atoms with Gasteiger partial charge in [0.2, 0.25) is 5.95 Å². The van der Waals surface area contributed by atoms with Crippen molar-refractivity contribution in [1.29, 1.82) is 0 Å².